The third-order valence-corrected chi connectivity index (χ3v) is 2.63. The van der Waals surface area contributed by atoms with Gasteiger partial charge in [0, 0.05) is 6.20 Å². The maximum Gasteiger partial charge on any atom is 0.231 e. The summed E-state index contributed by atoms with van der Waals surface area (Å²) in [6, 6.07) is 5.54. The first-order valence-corrected chi connectivity index (χ1v) is 6.36. The van der Waals surface area contributed by atoms with Gasteiger partial charge in [-0.1, -0.05) is 12.8 Å². The lowest BCUT2D eigenvalue weighted by Gasteiger charge is -2.09. The average Bonchev–Trinajstić information content (AvgIpc) is 2.37. The number of pyridine rings is 1. The highest BCUT2D eigenvalue weighted by Crippen LogP contribution is 2.13. The van der Waals surface area contributed by atoms with Crippen LogP contribution in [0.25, 0.3) is 0 Å². The van der Waals surface area contributed by atoms with Crippen molar-refractivity contribution < 1.29 is 4.74 Å². The van der Waals surface area contributed by atoms with Gasteiger partial charge < -0.3 is 9.64 Å². The van der Waals surface area contributed by atoms with Gasteiger partial charge in [0.1, 0.15) is 11.6 Å². The van der Waals surface area contributed by atoms with Crippen molar-refractivity contribution in [1.82, 2.24) is 9.88 Å². The van der Waals surface area contributed by atoms with E-state index in [1.807, 2.05) is 0 Å². The molecular weight excluding hydrogens is 226 g/mol. The number of unbranched alkanes of at least 4 members (excludes halogenated alkanes) is 3. The van der Waals surface area contributed by atoms with Crippen LogP contribution < -0.4 is 4.74 Å². The van der Waals surface area contributed by atoms with E-state index < -0.39 is 0 Å². The van der Waals surface area contributed by atoms with Crippen molar-refractivity contribution in [2.45, 2.75) is 25.7 Å². The van der Waals surface area contributed by atoms with Crippen molar-refractivity contribution in [2.24, 2.45) is 0 Å². The summed E-state index contributed by atoms with van der Waals surface area (Å²) in [6.45, 7) is 1.77. The third kappa shape index (κ3) is 5.65. The Morgan fingerprint density at radius 3 is 2.78 bits per heavy atom. The van der Waals surface area contributed by atoms with Crippen LogP contribution in [0.3, 0.4) is 0 Å². The number of hydrogen-bond donors (Lipinski definition) is 0. The minimum atomic E-state index is 0.452. The van der Waals surface area contributed by atoms with Crippen molar-refractivity contribution in [3.05, 3.63) is 23.9 Å². The van der Waals surface area contributed by atoms with Crippen LogP contribution in [0, 0.1) is 11.3 Å². The summed E-state index contributed by atoms with van der Waals surface area (Å²) in [5.74, 6) is 0.452. The number of aromatic nitrogens is 1. The lowest BCUT2D eigenvalue weighted by molar-refractivity contribution is 0.290. The number of ether oxygens (including phenoxy) is 1. The molecule has 0 N–H and O–H groups in total. The standard InChI is InChI=1S/C14H21N3O/c1-17(2)10-5-3-4-6-11-18-14-13(12-15)8-7-9-16-14/h7-9H,3-6,10-11H2,1-2H3. The monoisotopic (exact) mass is 247 g/mol. The first kappa shape index (κ1) is 14.5. The fourth-order valence-electron chi connectivity index (χ4n) is 1.64. The molecule has 0 fully saturated rings. The minimum absolute atomic E-state index is 0.452. The summed E-state index contributed by atoms with van der Waals surface area (Å²) in [7, 11) is 4.18. The average molecular weight is 247 g/mol. The van der Waals surface area contributed by atoms with Gasteiger partial charge in [0.05, 0.1) is 6.61 Å². The fourth-order valence-corrected chi connectivity index (χ4v) is 1.64. The van der Waals surface area contributed by atoms with Crippen molar-refractivity contribution in [1.29, 1.82) is 5.26 Å². The van der Waals surface area contributed by atoms with E-state index in [2.05, 4.69) is 30.0 Å². The molecule has 0 aromatic carbocycles. The Balaban J connectivity index is 2.13. The minimum Gasteiger partial charge on any atom is -0.477 e. The van der Waals surface area contributed by atoms with Crippen LogP contribution in [0.4, 0.5) is 0 Å². The quantitative estimate of drug-likeness (QED) is 0.662. The number of rotatable bonds is 8. The van der Waals surface area contributed by atoms with Gasteiger partial charge in [-0.15, -0.1) is 0 Å². The van der Waals surface area contributed by atoms with Gasteiger partial charge in [-0.05, 0) is 45.6 Å². The van der Waals surface area contributed by atoms with Crippen LogP contribution in [0.1, 0.15) is 31.2 Å². The first-order chi connectivity index (χ1) is 8.74. The summed E-state index contributed by atoms with van der Waals surface area (Å²) < 4.78 is 5.51. The molecule has 1 rings (SSSR count). The normalized spacial score (nSPS) is 10.3. The van der Waals surface area contributed by atoms with Crippen LogP contribution >= 0.6 is 0 Å². The topological polar surface area (TPSA) is 49.1 Å². The highest BCUT2D eigenvalue weighted by Gasteiger charge is 2.02. The van der Waals surface area contributed by atoms with Crippen LogP contribution in [0.2, 0.25) is 0 Å². The lowest BCUT2D eigenvalue weighted by Crippen LogP contribution is -2.12. The van der Waals surface area contributed by atoms with Gasteiger partial charge in [-0.2, -0.15) is 5.26 Å². The molecule has 0 radical (unpaired) electrons. The highest BCUT2D eigenvalue weighted by molar-refractivity contribution is 5.36. The second kappa shape index (κ2) is 8.48. The predicted octanol–water partition coefficient (Wildman–Crippen LogP) is 2.45. The van der Waals surface area contributed by atoms with E-state index in [0.29, 0.717) is 18.1 Å². The molecule has 1 aromatic heterocycles. The summed E-state index contributed by atoms with van der Waals surface area (Å²) >= 11 is 0. The van der Waals surface area contributed by atoms with Crippen LogP contribution in [0.5, 0.6) is 5.88 Å². The van der Waals surface area contributed by atoms with Gasteiger partial charge in [0.15, 0.2) is 0 Å². The molecule has 0 bridgehead atoms. The molecule has 1 aromatic rings. The molecule has 1 heterocycles. The predicted molar refractivity (Wildman–Crippen MR) is 71.5 cm³/mol. The number of nitriles is 1. The van der Waals surface area contributed by atoms with Gasteiger partial charge in [0.25, 0.3) is 0 Å². The molecule has 0 aliphatic rings. The summed E-state index contributed by atoms with van der Waals surface area (Å²) in [4.78, 5) is 6.25. The Hall–Kier alpha value is -1.60. The van der Waals surface area contributed by atoms with Crippen molar-refractivity contribution in [3.63, 3.8) is 0 Å². The molecule has 0 unspecified atom stereocenters. The Morgan fingerprint density at radius 2 is 2.06 bits per heavy atom. The highest BCUT2D eigenvalue weighted by atomic mass is 16.5. The number of hydrogen-bond acceptors (Lipinski definition) is 4. The van der Waals surface area contributed by atoms with Gasteiger partial charge in [0.2, 0.25) is 5.88 Å². The van der Waals surface area contributed by atoms with Crippen molar-refractivity contribution in [3.8, 4) is 11.9 Å². The lowest BCUT2D eigenvalue weighted by atomic mass is 10.2. The molecule has 0 spiro atoms. The molecule has 18 heavy (non-hydrogen) atoms. The van der Waals surface area contributed by atoms with E-state index in [4.69, 9.17) is 10.00 Å². The van der Waals surface area contributed by atoms with E-state index in [9.17, 15) is 0 Å². The molecule has 98 valence electrons. The molecular formula is C14H21N3O. The third-order valence-electron chi connectivity index (χ3n) is 2.63. The summed E-state index contributed by atoms with van der Waals surface area (Å²) in [5, 5.41) is 8.87. The zero-order valence-electron chi connectivity index (χ0n) is 11.2. The van der Waals surface area contributed by atoms with Crippen LogP contribution in [0.15, 0.2) is 18.3 Å². The van der Waals surface area contributed by atoms with Gasteiger partial charge in [-0.3, -0.25) is 0 Å². The second-order valence-corrected chi connectivity index (χ2v) is 4.53. The molecule has 0 aliphatic carbocycles. The smallest absolute Gasteiger partial charge is 0.231 e. The molecule has 0 aliphatic heterocycles. The first-order valence-electron chi connectivity index (χ1n) is 6.36. The van der Waals surface area contributed by atoms with E-state index in [-0.39, 0.29) is 0 Å². The molecule has 0 atom stereocenters. The molecule has 4 heteroatoms. The summed E-state index contributed by atoms with van der Waals surface area (Å²) in [5.41, 5.74) is 0.505. The maximum absolute atomic E-state index is 8.87. The maximum atomic E-state index is 8.87. The SMILES string of the molecule is CN(C)CCCCCCOc1ncccc1C#N. The zero-order chi connectivity index (χ0) is 13.2. The van der Waals surface area contributed by atoms with Crippen LogP contribution in [-0.4, -0.2) is 37.1 Å². The van der Waals surface area contributed by atoms with E-state index in [1.54, 1.807) is 18.3 Å². The van der Waals surface area contributed by atoms with E-state index >= 15 is 0 Å². The van der Waals surface area contributed by atoms with Crippen molar-refractivity contribution >= 4 is 0 Å². The van der Waals surface area contributed by atoms with E-state index in [0.717, 1.165) is 19.4 Å². The van der Waals surface area contributed by atoms with Gasteiger partial charge in [-0.25, -0.2) is 4.98 Å². The molecule has 4 nitrogen and oxygen atoms in total. The zero-order valence-corrected chi connectivity index (χ0v) is 11.2. The Kier molecular flexibility index (Phi) is 6.82. The Bertz CT molecular complexity index is 385. The summed E-state index contributed by atoms with van der Waals surface area (Å²) in [6.07, 6.45) is 6.25. The molecule has 0 saturated carbocycles. The largest absolute Gasteiger partial charge is 0.477 e. The number of nitrogens with zero attached hydrogens (tertiary/aromatic N) is 3. The van der Waals surface area contributed by atoms with Gasteiger partial charge >= 0.3 is 0 Å². The molecule has 0 amide bonds. The molecule has 0 saturated heterocycles. The second-order valence-electron chi connectivity index (χ2n) is 4.53. The fraction of sp³-hybridized carbons (Fsp3) is 0.571. The Labute approximate surface area is 109 Å². The van der Waals surface area contributed by atoms with E-state index in [1.165, 1.54) is 12.8 Å². The Morgan fingerprint density at radius 1 is 1.28 bits per heavy atom. The van der Waals surface area contributed by atoms with Crippen LogP contribution in [-0.2, 0) is 0 Å². The van der Waals surface area contributed by atoms with Crippen molar-refractivity contribution in [2.75, 3.05) is 27.2 Å².